The van der Waals surface area contributed by atoms with E-state index in [2.05, 4.69) is 22.2 Å². The quantitative estimate of drug-likeness (QED) is 0.575. The molecular weight excluding hydrogens is 414 g/mol. The van der Waals surface area contributed by atoms with E-state index in [9.17, 15) is 9.59 Å². The maximum Gasteiger partial charge on any atom is 0.254 e. The highest BCUT2D eigenvalue weighted by Gasteiger charge is 2.26. The lowest BCUT2D eigenvalue weighted by molar-refractivity contribution is 0.0608. The molecule has 1 aromatic heterocycles. The Bertz CT molecular complexity index is 1160. The highest BCUT2D eigenvalue weighted by atomic mass is 16.2. The van der Waals surface area contributed by atoms with Gasteiger partial charge in [0.25, 0.3) is 5.91 Å². The summed E-state index contributed by atoms with van der Waals surface area (Å²) in [6.07, 6.45) is 5.99. The number of likely N-dealkylation sites (tertiary alicyclic amines) is 1. The van der Waals surface area contributed by atoms with Gasteiger partial charge in [-0.05, 0) is 74.6 Å². The molecule has 0 aliphatic carbocycles. The van der Waals surface area contributed by atoms with Gasteiger partial charge in [0, 0.05) is 41.2 Å². The number of carbonyl (C=O) groups excluding carboxylic acids is 2. The third kappa shape index (κ3) is 4.87. The van der Waals surface area contributed by atoms with Crippen LogP contribution in [-0.2, 0) is 0 Å². The minimum atomic E-state index is -0.466. The highest BCUT2D eigenvalue weighted by Crippen LogP contribution is 2.26. The number of nitrogens with two attached hydrogens (primary N) is 1. The molecule has 1 atom stereocenters. The first kappa shape index (κ1) is 22.5. The number of nitrogens with zero attached hydrogens (tertiary/aromatic N) is 3. The lowest BCUT2D eigenvalue weighted by Crippen LogP contribution is -2.43. The van der Waals surface area contributed by atoms with Gasteiger partial charge >= 0.3 is 0 Å². The Kier molecular flexibility index (Phi) is 6.68. The molecule has 1 aliphatic heterocycles. The van der Waals surface area contributed by atoms with Crippen molar-refractivity contribution < 1.29 is 9.59 Å². The second-order valence-corrected chi connectivity index (χ2v) is 8.37. The topological polar surface area (TPSA) is 101 Å². The molecule has 1 aliphatic rings. The van der Waals surface area contributed by atoms with Crippen molar-refractivity contribution in [3.8, 4) is 11.3 Å². The Labute approximate surface area is 194 Å². The van der Waals surface area contributed by atoms with Crippen LogP contribution in [0.25, 0.3) is 11.3 Å². The lowest BCUT2D eigenvalue weighted by Gasteiger charge is -2.35. The van der Waals surface area contributed by atoms with Gasteiger partial charge in [-0.25, -0.2) is 9.97 Å². The van der Waals surface area contributed by atoms with Crippen molar-refractivity contribution in [2.75, 3.05) is 11.9 Å². The number of hydrogen-bond acceptors (Lipinski definition) is 5. The molecule has 1 fully saturated rings. The molecule has 170 valence electrons. The Balaban J connectivity index is 1.51. The molecule has 2 amide bonds. The SMILES string of the molecule is CCC1CCCCN1C(=O)c1ccc(Nc2nccc(-c3cccc(C(N)=O)c3C)n2)cc1. The van der Waals surface area contributed by atoms with E-state index in [0.29, 0.717) is 28.8 Å². The second kappa shape index (κ2) is 9.81. The van der Waals surface area contributed by atoms with Crippen molar-refractivity contribution in [1.29, 1.82) is 0 Å². The van der Waals surface area contributed by atoms with Crippen molar-refractivity contribution in [2.24, 2.45) is 5.73 Å². The number of carbonyl (C=O) groups is 2. The van der Waals surface area contributed by atoms with E-state index in [0.717, 1.165) is 42.6 Å². The first-order valence-electron chi connectivity index (χ1n) is 11.4. The molecule has 0 bridgehead atoms. The van der Waals surface area contributed by atoms with E-state index < -0.39 is 5.91 Å². The van der Waals surface area contributed by atoms with Gasteiger partial charge < -0.3 is 16.0 Å². The summed E-state index contributed by atoms with van der Waals surface area (Å²) in [5, 5.41) is 3.20. The molecular formula is C26H29N5O2. The van der Waals surface area contributed by atoms with E-state index in [1.807, 2.05) is 42.2 Å². The van der Waals surface area contributed by atoms with E-state index in [-0.39, 0.29) is 5.91 Å². The summed E-state index contributed by atoms with van der Waals surface area (Å²) >= 11 is 0. The third-order valence-corrected chi connectivity index (χ3v) is 6.28. The fourth-order valence-corrected chi connectivity index (χ4v) is 4.43. The van der Waals surface area contributed by atoms with Crippen LogP contribution >= 0.6 is 0 Å². The summed E-state index contributed by atoms with van der Waals surface area (Å²) in [4.78, 5) is 35.6. The number of aromatic nitrogens is 2. The maximum atomic E-state index is 13.0. The fraction of sp³-hybridized carbons (Fsp3) is 0.308. The zero-order valence-corrected chi connectivity index (χ0v) is 19.0. The normalized spacial score (nSPS) is 15.8. The summed E-state index contributed by atoms with van der Waals surface area (Å²) in [7, 11) is 0. The zero-order valence-electron chi connectivity index (χ0n) is 19.0. The largest absolute Gasteiger partial charge is 0.366 e. The van der Waals surface area contributed by atoms with Crippen LogP contribution in [0, 0.1) is 6.92 Å². The van der Waals surface area contributed by atoms with Crippen LogP contribution in [-0.4, -0.2) is 39.3 Å². The van der Waals surface area contributed by atoms with Gasteiger partial charge in [0.15, 0.2) is 0 Å². The minimum absolute atomic E-state index is 0.0937. The number of piperidine rings is 1. The first-order chi connectivity index (χ1) is 16.0. The molecule has 33 heavy (non-hydrogen) atoms. The summed E-state index contributed by atoms with van der Waals surface area (Å²) in [5.74, 6) is 0.0555. The maximum absolute atomic E-state index is 13.0. The van der Waals surface area contributed by atoms with Crippen molar-refractivity contribution in [3.05, 3.63) is 71.4 Å². The highest BCUT2D eigenvalue weighted by molar-refractivity contribution is 5.96. The molecule has 2 heterocycles. The van der Waals surface area contributed by atoms with Crippen LogP contribution in [0.15, 0.2) is 54.7 Å². The van der Waals surface area contributed by atoms with Crippen LogP contribution in [0.1, 0.15) is 58.9 Å². The second-order valence-electron chi connectivity index (χ2n) is 8.37. The molecule has 4 rings (SSSR count). The monoisotopic (exact) mass is 443 g/mol. The Morgan fingerprint density at radius 1 is 1.12 bits per heavy atom. The molecule has 1 saturated heterocycles. The van der Waals surface area contributed by atoms with Gasteiger partial charge in [0.05, 0.1) is 5.69 Å². The number of amides is 2. The molecule has 3 aromatic rings. The van der Waals surface area contributed by atoms with Gasteiger partial charge in [-0.1, -0.05) is 19.1 Å². The van der Waals surface area contributed by atoms with Crippen molar-refractivity contribution >= 4 is 23.5 Å². The molecule has 2 aromatic carbocycles. The van der Waals surface area contributed by atoms with Crippen molar-refractivity contribution in [3.63, 3.8) is 0 Å². The smallest absolute Gasteiger partial charge is 0.254 e. The van der Waals surface area contributed by atoms with Gasteiger partial charge in [0.2, 0.25) is 11.9 Å². The Morgan fingerprint density at radius 2 is 1.91 bits per heavy atom. The Hall–Kier alpha value is -3.74. The molecule has 0 spiro atoms. The van der Waals surface area contributed by atoms with Crippen LogP contribution < -0.4 is 11.1 Å². The average Bonchev–Trinajstić information content (AvgIpc) is 2.84. The van der Waals surface area contributed by atoms with E-state index >= 15 is 0 Å². The summed E-state index contributed by atoms with van der Waals surface area (Å²) in [5.41, 5.74) is 9.72. The Morgan fingerprint density at radius 3 is 2.64 bits per heavy atom. The van der Waals surface area contributed by atoms with Crippen LogP contribution in [0.2, 0.25) is 0 Å². The van der Waals surface area contributed by atoms with Gasteiger partial charge in [-0.2, -0.15) is 0 Å². The van der Waals surface area contributed by atoms with E-state index in [4.69, 9.17) is 5.73 Å². The molecule has 0 radical (unpaired) electrons. The number of nitrogens with one attached hydrogen (secondary N) is 1. The summed E-state index contributed by atoms with van der Waals surface area (Å²) < 4.78 is 0. The third-order valence-electron chi connectivity index (χ3n) is 6.28. The van der Waals surface area contributed by atoms with E-state index in [1.54, 1.807) is 24.4 Å². The number of rotatable bonds is 6. The number of anilines is 2. The fourth-order valence-electron chi connectivity index (χ4n) is 4.43. The van der Waals surface area contributed by atoms with E-state index in [1.165, 1.54) is 6.42 Å². The number of benzene rings is 2. The first-order valence-corrected chi connectivity index (χ1v) is 11.4. The summed E-state index contributed by atoms with van der Waals surface area (Å²) in [6, 6.07) is 14.9. The average molecular weight is 444 g/mol. The molecule has 3 N–H and O–H groups in total. The molecule has 0 saturated carbocycles. The molecule has 7 heteroatoms. The summed E-state index contributed by atoms with van der Waals surface area (Å²) in [6.45, 7) is 4.82. The predicted molar refractivity (Wildman–Crippen MR) is 129 cm³/mol. The van der Waals surface area contributed by atoms with Gasteiger partial charge in [-0.15, -0.1) is 0 Å². The molecule has 1 unspecified atom stereocenters. The molecule has 7 nitrogen and oxygen atoms in total. The van der Waals surface area contributed by atoms with Gasteiger partial charge in [-0.3, -0.25) is 9.59 Å². The number of hydrogen-bond donors (Lipinski definition) is 2. The minimum Gasteiger partial charge on any atom is -0.366 e. The lowest BCUT2D eigenvalue weighted by atomic mass is 9.99. The van der Waals surface area contributed by atoms with Crippen molar-refractivity contribution in [2.45, 2.75) is 45.6 Å². The predicted octanol–water partition coefficient (Wildman–Crippen LogP) is 4.70. The van der Waals surface area contributed by atoms with Crippen LogP contribution in [0.4, 0.5) is 11.6 Å². The zero-order chi connectivity index (χ0) is 23.4. The van der Waals surface area contributed by atoms with Gasteiger partial charge in [0.1, 0.15) is 0 Å². The number of primary amides is 1. The standard InChI is InChI=1S/C26H29N5O2/c1-3-20-7-4-5-16-31(20)25(33)18-10-12-19(13-11-18)29-26-28-15-14-23(30-26)21-8-6-9-22(17(21)2)24(27)32/h6,8-15,20H,3-5,7,16H2,1-2H3,(H2,27,32)(H,28,29,30). The van der Waals surface area contributed by atoms with Crippen LogP contribution in [0.5, 0.6) is 0 Å². The van der Waals surface area contributed by atoms with Crippen molar-refractivity contribution in [1.82, 2.24) is 14.9 Å². The van der Waals surface area contributed by atoms with Crippen LogP contribution in [0.3, 0.4) is 0 Å².